The van der Waals surface area contributed by atoms with Gasteiger partial charge in [-0.25, -0.2) is 0 Å². The van der Waals surface area contributed by atoms with Crippen LogP contribution in [0.25, 0.3) is 0 Å². The number of fused-ring (bicyclic) bond motifs is 2. The highest BCUT2D eigenvalue weighted by Crippen LogP contribution is 2.53. The molecule has 0 aromatic carbocycles. The molecule has 1 spiro atoms. The third-order valence-electron chi connectivity index (χ3n) is 5.21. The molecule has 3 rings (SSSR count). The maximum atomic E-state index is 12.2. The second-order valence-corrected chi connectivity index (χ2v) is 6.49. The van der Waals surface area contributed by atoms with E-state index in [1.54, 1.807) is 0 Å². The fraction of sp³-hybridized carbons (Fsp3) is 0.857. The smallest absolute Gasteiger partial charge is 0.230 e. The molecule has 3 atom stereocenters. The number of carbonyl (C=O) groups excluding carboxylic acids is 2. The Kier molecular flexibility index (Phi) is 2.73. The minimum absolute atomic E-state index is 0.00306. The van der Waals surface area contributed by atoms with Crippen molar-refractivity contribution in [2.45, 2.75) is 45.6 Å². The summed E-state index contributed by atoms with van der Waals surface area (Å²) in [6.07, 6.45) is 3.93. The molecule has 3 aliphatic rings. The highest BCUT2D eigenvalue weighted by molar-refractivity contribution is 6.00. The molecule has 100 valence electrons. The Balaban J connectivity index is 2.00. The molecule has 0 aliphatic carbocycles. The van der Waals surface area contributed by atoms with E-state index in [0.717, 1.165) is 25.9 Å². The number of piperidine rings is 1. The summed E-state index contributed by atoms with van der Waals surface area (Å²) in [4.78, 5) is 26.6. The molecule has 0 aromatic rings. The van der Waals surface area contributed by atoms with E-state index in [0.29, 0.717) is 18.4 Å². The first-order valence-corrected chi connectivity index (χ1v) is 7.12. The maximum absolute atomic E-state index is 12.2. The van der Waals surface area contributed by atoms with Gasteiger partial charge in [0, 0.05) is 23.8 Å². The maximum Gasteiger partial charge on any atom is 0.230 e. The van der Waals surface area contributed by atoms with E-state index in [1.165, 1.54) is 6.42 Å². The zero-order valence-corrected chi connectivity index (χ0v) is 11.2. The van der Waals surface area contributed by atoms with E-state index >= 15 is 0 Å². The molecule has 0 radical (unpaired) electrons. The summed E-state index contributed by atoms with van der Waals surface area (Å²) in [7, 11) is 0. The molecule has 0 bridgehead atoms. The van der Waals surface area contributed by atoms with Crippen LogP contribution in [0.4, 0.5) is 0 Å². The molecule has 3 aliphatic heterocycles. The fourth-order valence-corrected chi connectivity index (χ4v) is 4.73. The molecule has 3 saturated heterocycles. The highest BCUT2D eigenvalue weighted by Gasteiger charge is 2.59. The van der Waals surface area contributed by atoms with E-state index < -0.39 is 0 Å². The predicted molar refractivity (Wildman–Crippen MR) is 67.7 cm³/mol. The lowest BCUT2D eigenvalue weighted by Crippen LogP contribution is -2.57. The molecule has 3 fully saturated rings. The lowest BCUT2D eigenvalue weighted by molar-refractivity contribution is -0.147. The Morgan fingerprint density at radius 3 is 2.83 bits per heavy atom. The van der Waals surface area contributed by atoms with Crippen molar-refractivity contribution in [3.8, 4) is 0 Å². The van der Waals surface area contributed by atoms with Crippen LogP contribution in [0, 0.1) is 17.3 Å². The van der Waals surface area contributed by atoms with Crippen LogP contribution in [0.3, 0.4) is 0 Å². The normalized spacial score (nSPS) is 40.6. The zero-order valence-electron chi connectivity index (χ0n) is 11.2. The van der Waals surface area contributed by atoms with Crippen LogP contribution in [0.15, 0.2) is 0 Å². The van der Waals surface area contributed by atoms with E-state index in [2.05, 4.69) is 24.1 Å². The summed E-state index contributed by atoms with van der Waals surface area (Å²) >= 11 is 0. The van der Waals surface area contributed by atoms with Gasteiger partial charge in [0.15, 0.2) is 0 Å². The minimum atomic E-state index is -0.0793. The van der Waals surface area contributed by atoms with Crippen molar-refractivity contribution >= 4 is 11.8 Å². The Morgan fingerprint density at radius 2 is 2.11 bits per heavy atom. The summed E-state index contributed by atoms with van der Waals surface area (Å²) in [5, 5.41) is 2.55. The van der Waals surface area contributed by atoms with Crippen LogP contribution < -0.4 is 5.32 Å². The zero-order chi connectivity index (χ0) is 12.9. The number of hydrogen-bond acceptors (Lipinski definition) is 3. The average Bonchev–Trinajstić information content (AvgIpc) is 2.82. The van der Waals surface area contributed by atoms with Crippen molar-refractivity contribution in [3.63, 3.8) is 0 Å². The molecular formula is C14H22N2O2. The average molecular weight is 250 g/mol. The van der Waals surface area contributed by atoms with Gasteiger partial charge in [0.05, 0.1) is 0 Å². The first kappa shape index (κ1) is 12.2. The summed E-state index contributed by atoms with van der Waals surface area (Å²) < 4.78 is 0. The number of imide groups is 1. The van der Waals surface area contributed by atoms with Crippen LogP contribution in [-0.2, 0) is 9.59 Å². The van der Waals surface area contributed by atoms with Crippen molar-refractivity contribution < 1.29 is 9.59 Å². The molecule has 18 heavy (non-hydrogen) atoms. The van der Waals surface area contributed by atoms with Crippen molar-refractivity contribution in [2.75, 3.05) is 13.1 Å². The number of rotatable bonds is 1. The monoisotopic (exact) mass is 250 g/mol. The Labute approximate surface area is 108 Å². The molecule has 0 saturated carbocycles. The topological polar surface area (TPSA) is 49.4 Å². The van der Waals surface area contributed by atoms with Gasteiger partial charge in [-0.15, -0.1) is 0 Å². The van der Waals surface area contributed by atoms with Crippen LogP contribution >= 0.6 is 0 Å². The van der Waals surface area contributed by atoms with E-state index in [1.807, 2.05) is 0 Å². The van der Waals surface area contributed by atoms with E-state index in [4.69, 9.17) is 0 Å². The van der Waals surface area contributed by atoms with Crippen LogP contribution in [-0.4, -0.2) is 35.8 Å². The summed E-state index contributed by atoms with van der Waals surface area (Å²) in [6, 6.07) is 0.458. The molecular weight excluding hydrogens is 228 g/mol. The summed E-state index contributed by atoms with van der Waals surface area (Å²) in [5.74, 6) is 0.211. The quantitative estimate of drug-likeness (QED) is 0.710. The molecule has 1 N–H and O–H groups in total. The highest BCUT2D eigenvalue weighted by atomic mass is 16.2. The van der Waals surface area contributed by atoms with E-state index in [9.17, 15) is 9.59 Å². The summed E-state index contributed by atoms with van der Waals surface area (Å²) in [6.45, 7) is 6.43. The van der Waals surface area contributed by atoms with Gasteiger partial charge < -0.3 is 0 Å². The molecule has 3 heterocycles. The summed E-state index contributed by atoms with van der Waals surface area (Å²) in [5.41, 5.74) is -0.0793. The Hall–Kier alpha value is -0.900. The first-order valence-electron chi connectivity index (χ1n) is 7.12. The molecule has 3 unspecified atom stereocenters. The van der Waals surface area contributed by atoms with Gasteiger partial charge >= 0.3 is 0 Å². The van der Waals surface area contributed by atoms with Crippen molar-refractivity contribution in [1.82, 2.24) is 10.2 Å². The lowest BCUT2D eigenvalue weighted by atomic mass is 9.61. The first-order chi connectivity index (χ1) is 8.54. The molecule has 2 amide bonds. The van der Waals surface area contributed by atoms with Crippen LogP contribution in [0.1, 0.15) is 39.5 Å². The minimum Gasteiger partial charge on any atom is -0.300 e. The van der Waals surface area contributed by atoms with Gasteiger partial charge in [-0.1, -0.05) is 13.8 Å². The number of nitrogens with one attached hydrogen (secondary N) is 1. The Morgan fingerprint density at radius 1 is 1.33 bits per heavy atom. The third-order valence-corrected chi connectivity index (χ3v) is 5.21. The molecule has 4 heteroatoms. The van der Waals surface area contributed by atoms with Crippen molar-refractivity contribution in [2.24, 2.45) is 17.3 Å². The lowest BCUT2D eigenvalue weighted by Gasteiger charge is -2.45. The van der Waals surface area contributed by atoms with Gasteiger partial charge in [0.25, 0.3) is 0 Å². The molecule has 4 nitrogen and oxygen atoms in total. The second-order valence-electron chi connectivity index (χ2n) is 6.49. The van der Waals surface area contributed by atoms with Gasteiger partial charge in [-0.05, 0) is 38.3 Å². The number of amides is 2. The molecule has 0 aromatic heterocycles. The number of nitrogens with zero attached hydrogens (tertiary/aromatic N) is 1. The third kappa shape index (κ3) is 1.54. The standard InChI is InChI=1S/C14H22N2O2/c1-9(2)12-13(18)15-11(17)8-14(12)5-7-16-6-3-4-10(14)16/h9-10,12H,3-8H2,1-2H3,(H,15,17,18). The van der Waals surface area contributed by atoms with Crippen molar-refractivity contribution in [1.29, 1.82) is 0 Å². The number of carbonyl (C=O) groups is 2. The SMILES string of the molecule is CC(C)C1C(=O)NC(=O)CC12CCN1CCCC12. The van der Waals surface area contributed by atoms with E-state index in [-0.39, 0.29) is 23.1 Å². The van der Waals surface area contributed by atoms with Crippen LogP contribution in [0.5, 0.6) is 0 Å². The van der Waals surface area contributed by atoms with Gasteiger partial charge in [0.2, 0.25) is 11.8 Å². The van der Waals surface area contributed by atoms with Gasteiger partial charge in [-0.3, -0.25) is 19.8 Å². The number of hydrogen-bond donors (Lipinski definition) is 1. The fourth-order valence-electron chi connectivity index (χ4n) is 4.73. The largest absolute Gasteiger partial charge is 0.300 e. The van der Waals surface area contributed by atoms with Crippen molar-refractivity contribution in [3.05, 3.63) is 0 Å². The predicted octanol–water partition coefficient (Wildman–Crippen LogP) is 1.16. The second kappa shape index (κ2) is 4.05. The van der Waals surface area contributed by atoms with Gasteiger partial charge in [0.1, 0.15) is 0 Å². The Bertz CT molecular complexity index is 393. The van der Waals surface area contributed by atoms with Crippen LogP contribution in [0.2, 0.25) is 0 Å². The van der Waals surface area contributed by atoms with Gasteiger partial charge in [-0.2, -0.15) is 0 Å².